The second-order valence-corrected chi connectivity index (χ2v) is 10.9. The van der Waals surface area contributed by atoms with Crippen LogP contribution in [0.25, 0.3) is 0 Å². The van der Waals surface area contributed by atoms with Crippen LogP contribution < -0.4 is 5.32 Å². The number of allylic oxidation sites excluding steroid dienone is 1. The van der Waals surface area contributed by atoms with Crippen molar-refractivity contribution >= 4 is 0 Å². The molecule has 0 radical (unpaired) electrons. The molecular weight excluding hydrogens is 486 g/mol. The Morgan fingerprint density at radius 3 is 1.89 bits per heavy atom. The first-order valence-corrected chi connectivity index (χ1v) is 15.5. The van der Waals surface area contributed by atoms with E-state index in [2.05, 4.69) is 19.2 Å². The Bertz CT molecular complexity index is 563. The first kappa shape index (κ1) is 35.4. The molecule has 8 nitrogen and oxygen atoms in total. The van der Waals surface area contributed by atoms with Crippen molar-refractivity contribution in [2.45, 2.75) is 159 Å². The summed E-state index contributed by atoms with van der Waals surface area (Å²) < 4.78 is 11.2. The van der Waals surface area contributed by atoms with Crippen LogP contribution in [0.3, 0.4) is 0 Å². The van der Waals surface area contributed by atoms with Crippen LogP contribution in [0.15, 0.2) is 12.2 Å². The summed E-state index contributed by atoms with van der Waals surface area (Å²) in [5, 5.41) is 53.8. The van der Waals surface area contributed by atoms with Crippen molar-refractivity contribution in [3.8, 4) is 0 Å². The number of nitrogens with one attached hydrogen (secondary N) is 1. The Balaban J connectivity index is 2.39. The van der Waals surface area contributed by atoms with E-state index in [-0.39, 0.29) is 6.61 Å². The van der Waals surface area contributed by atoms with Crippen LogP contribution in [0.4, 0.5) is 0 Å². The van der Waals surface area contributed by atoms with Gasteiger partial charge in [0, 0.05) is 0 Å². The number of ether oxygens (including phenoxy) is 2. The highest BCUT2D eigenvalue weighted by Gasteiger charge is 2.44. The van der Waals surface area contributed by atoms with Gasteiger partial charge in [-0.05, 0) is 25.8 Å². The van der Waals surface area contributed by atoms with Crippen molar-refractivity contribution in [3.05, 3.63) is 12.2 Å². The molecule has 0 amide bonds. The van der Waals surface area contributed by atoms with Gasteiger partial charge in [-0.15, -0.1) is 0 Å². The maximum atomic E-state index is 10.8. The molecule has 0 spiro atoms. The summed E-state index contributed by atoms with van der Waals surface area (Å²) in [5.74, 6) is 0. The smallest absolute Gasteiger partial charge is 0.186 e. The molecule has 0 aromatic carbocycles. The van der Waals surface area contributed by atoms with Crippen LogP contribution >= 0.6 is 0 Å². The zero-order valence-electron chi connectivity index (χ0n) is 24.2. The molecule has 0 aromatic rings. The molecule has 0 saturated carbocycles. The first-order chi connectivity index (χ1) is 18.5. The number of unbranched alkanes of at least 4 members (excludes halogenated alkanes) is 14. The highest BCUT2D eigenvalue weighted by Crippen LogP contribution is 2.22. The summed E-state index contributed by atoms with van der Waals surface area (Å²) in [7, 11) is 0. The van der Waals surface area contributed by atoms with Crippen LogP contribution in [0.5, 0.6) is 0 Å². The number of rotatable bonds is 24. The fraction of sp³-hybridized carbons (Fsp3) is 0.933. The van der Waals surface area contributed by atoms with Crippen LogP contribution in [0.1, 0.15) is 117 Å². The molecule has 8 heteroatoms. The van der Waals surface area contributed by atoms with Gasteiger partial charge in [0.05, 0.1) is 25.4 Å². The number of aliphatic hydroxyl groups excluding tert-OH is 5. The standard InChI is InChI=1S/C30H59NO7/c1-3-5-7-9-10-11-12-13-14-15-16-17-18-20-25(33)24(31-21-19-8-6-4-2)23-37-30-29(36)28(35)27(34)26(22-32)38-30/h18,20,24-36H,3-17,19,21-23H2,1-2H3/b20-18+/t24-,25+,26+,27+,28-,29+,30+/m0/s1. The van der Waals surface area contributed by atoms with Gasteiger partial charge in [-0.2, -0.15) is 0 Å². The minimum absolute atomic E-state index is 0.0421. The largest absolute Gasteiger partial charge is 0.394 e. The quantitative estimate of drug-likeness (QED) is 0.0794. The van der Waals surface area contributed by atoms with Gasteiger partial charge < -0.3 is 40.3 Å². The normalized spacial score (nSPS) is 25.7. The minimum atomic E-state index is -1.48. The van der Waals surface area contributed by atoms with E-state index in [1.807, 2.05) is 6.08 Å². The van der Waals surface area contributed by atoms with E-state index in [9.17, 15) is 25.5 Å². The summed E-state index contributed by atoms with van der Waals surface area (Å²) in [5.41, 5.74) is 0. The van der Waals surface area contributed by atoms with E-state index in [0.29, 0.717) is 0 Å². The third-order valence-electron chi connectivity index (χ3n) is 7.45. The molecule has 0 aromatic heterocycles. The molecule has 38 heavy (non-hydrogen) atoms. The van der Waals surface area contributed by atoms with Crippen LogP contribution in [0.2, 0.25) is 0 Å². The molecule has 6 N–H and O–H groups in total. The number of hydrogen-bond donors (Lipinski definition) is 6. The van der Waals surface area contributed by atoms with Gasteiger partial charge in [0.15, 0.2) is 6.29 Å². The highest BCUT2D eigenvalue weighted by atomic mass is 16.7. The van der Waals surface area contributed by atoms with Gasteiger partial charge >= 0.3 is 0 Å². The van der Waals surface area contributed by atoms with Crippen molar-refractivity contribution in [2.75, 3.05) is 19.8 Å². The Morgan fingerprint density at radius 1 is 0.763 bits per heavy atom. The summed E-state index contributed by atoms with van der Waals surface area (Å²) in [6.45, 7) is 4.68. The lowest BCUT2D eigenvalue weighted by Crippen LogP contribution is -2.59. The minimum Gasteiger partial charge on any atom is -0.394 e. The lowest BCUT2D eigenvalue weighted by atomic mass is 9.99. The molecule has 1 rings (SSSR count). The second kappa shape index (κ2) is 23.2. The van der Waals surface area contributed by atoms with E-state index >= 15 is 0 Å². The molecular formula is C30H59NO7. The van der Waals surface area contributed by atoms with Gasteiger partial charge in [-0.3, -0.25) is 0 Å². The molecule has 1 aliphatic rings. The fourth-order valence-electron chi connectivity index (χ4n) is 4.82. The van der Waals surface area contributed by atoms with Crippen LogP contribution in [-0.4, -0.2) is 88.1 Å². The molecule has 1 aliphatic heterocycles. The van der Waals surface area contributed by atoms with Gasteiger partial charge in [-0.1, -0.05) is 109 Å². The Hall–Kier alpha value is -0.580. The Kier molecular flexibility index (Phi) is 21.6. The molecule has 1 fully saturated rings. The first-order valence-electron chi connectivity index (χ1n) is 15.5. The van der Waals surface area contributed by atoms with E-state index in [1.165, 1.54) is 64.2 Å². The van der Waals surface area contributed by atoms with Crippen LogP contribution in [-0.2, 0) is 9.47 Å². The molecule has 7 atom stereocenters. The molecule has 1 saturated heterocycles. The van der Waals surface area contributed by atoms with Crippen molar-refractivity contribution in [3.63, 3.8) is 0 Å². The monoisotopic (exact) mass is 545 g/mol. The Morgan fingerprint density at radius 2 is 1.32 bits per heavy atom. The maximum Gasteiger partial charge on any atom is 0.186 e. The third-order valence-corrected chi connectivity index (χ3v) is 7.45. The molecule has 0 unspecified atom stereocenters. The van der Waals surface area contributed by atoms with E-state index in [4.69, 9.17) is 9.47 Å². The average Bonchev–Trinajstić information content (AvgIpc) is 2.92. The number of hydrogen-bond acceptors (Lipinski definition) is 8. The van der Waals surface area contributed by atoms with Gasteiger partial charge in [0.2, 0.25) is 0 Å². The van der Waals surface area contributed by atoms with Gasteiger partial charge in [-0.25, -0.2) is 0 Å². The summed E-state index contributed by atoms with van der Waals surface area (Å²) >= 11 is 0. The maximum absolute atomic E-state index is 10.8. The average molecular weight is 546 g/mol. The lowest BCUT2D eigenvalue weighted by Gasteiger charge is -2.40. The molecule has 0 bridgehead atoms. The SMILES string of the molecule is CCCCCCCCCCCCC/C=C/[C@@H](O)[C@H](CO[C@@H]1O[C@H](CO)[C@@H](O)[C@H](O)[C@H]1O)NCCCCCC. The predicted molar refractivity (Wildman–Crippen MR) is 152 cm³/mol. The van der Waals surface area contributed by atoms with E-state index in [0.717, 1.165) is 45.1 Å². The van der Waals surface area contributed by atoms with Crippen molar-refractivity contribution < 1.29 is 35.0 Å². The predicted octanol–water partition coefficient (Wildman–Crippen LogP) is 3.96. The zero-order valence-corrected chi connectivity index (χ0v) is 24.2. The van der Waals surface area contributed by atoms with Crippen molar-refractivity contribution in [1.82, 2.24) is 5.32 Å². The van der Waals surface area contributed by atoms with Crippen molar-refractivity contribution in [1.29, 1.82) is 0 Å². The van der Waals surface area contributed by atoms with E-state index in [1.54, 1.807) is 6.08 Å². The Labute approximate surface area is 231 Å². The zero-order chi connectivity index (χ0) is 28.0. The fourth-order valence-corrected chi connectivity index (χ4v) is 4.82. The molecule has 226 valence electrons. The highest BCUT2D eigenvalue weighted by molar-refractivity contribution is 4.96. The lowest BCUT2D eigenvalue weighted by molar-refractivity contribution is -0.302. The summed E-state index contributed by atoms with van der Waals surface area (Å²) in [4.78, 5) is 0. The topological polar surface area (TPSA) is 132 Å². The van der Waals surface area contributed by atoms with Crippen molar-refractivity contribution in [2.24, 2.45) is 0 Å². The van der Waals surface area contributed by atoms with Crippen LogP contribution in [0, 0.1) is 0 Å². The van der Waals surface area contributed by atoms with E-state index < -0.39 is 49.5 Å². The van der Waals surface area contributed by atoms with Gasteiger partial charge in [0.1, 0.15) is 24.4 Å². The molecule has 1 heterocycles. The van der Waals surface area contributed by atoms with Gasteiger partial charge in [0.25, 0.3) is 0 Å². The number of aliphatic hydroxyl groups is 5. The summed E-state index contributed by atoms with van der Waals surface area (Å²) in [6, 6.07) is -0.419. The third kappa shape index (κ3) is 15.3. The summed E-state index contributed by atoms with van der Waals surface area (Å²) in [6.07, 6.45) is 16.1. The molecule has 0 aliphatic carbocycles. The second-order valence-electron chi connectivity index (χ2n) is 10.9.